The third-order valence-electron chi connectivity index (χ3n) is 17.1. The van der Waals surface area contributed by atoms with Crippen molar-refractivity contribution in [3.63, 3.8) is 0 Å². The number of carboxylic acid groups (broad SMARTS) is 2. The fourth-order valence-corrected chi connectivity index (χ4v) is 11.9. The molecule has 95 heavy (non-hydrogen) atoms. The first-order valence-electron chi connectivity index (χ1n) is 31.4. The summed E-state index contributed by atoms with van der Waals surface area (Å²) in [6.45, 7) is 19.1. The van der Waals surface area contributed by atoms with Crippen molar-refractivity contribution < 1.29 is 62.7 Å². The van der Waals surface area contributed by atoms with E-state index in [-0.39, 0.29) is 47.7 Å². The fraction of sp³-hybridized carbons (Fsp3) is 0.357. The average molecular weight is 1300 g/mol. The molecule has 0 aliphatic carbocycles. The second-order valence-corrected chi connectivity index (χ2v) is 23.9. The van der Waals surface area contributed by atoms with Gasteiger partial charge in [-0.2, -0.15) is 0 Å². The quantitative estimate of drug-likeness (QED) is 0.0551. The summed E-state index contributed by atoms with van der Waals surface area (Å²) in [5.41, 5.74) is 28.6. The van der Waals surface area contributed by atoms with E-state index in [1.807, 2.05) is 141 Å². The molecular formula is C70H82N12O13. The first-order valence-corrected chi connectivity index (χ1v) is 31.4. The van der Waals surface area contributed by atoms with Gasteiger partial charge in [-0.3, -0.25) is 24.0 Å². The van der Waals surface area contributed by atoms with Gasteiger partial charge in [0.25, 0.3) is 11.8 Å². The molecule has 3 aliphatic heterocycles. The lowest BCUT2D eigenvalue weighted by Gasteiger charge is -2.19. The van der Waals surface area contributed by atoms with Gasteiger partial charge >= 0.3 is 23.9 Å². The number of likely N-dealkylation sites (tertiary alicyclic amines) is 2. The van der Waals surface area contributed by atoms with Crippen molar-refractivity contribution >= 4 is 86.6 Å². The Bertz CT molecular complexity index is 4340. The van der Waals surface area contributed by atoms with E-state index in [0.29, 0.717) is 126 Å². The van der Waals surface area contributed by atoms with Crippen molar-refractivity contribution in [1.82, 2.24) is 43.8 Å². The van der Waals surface area contributed by atoms with E-state index in [0.717, 1.165) is 69.4 Å². The number of carboxylic acids is 2. The zero-order chi connectivity index (χ0) is 68.7. The Hall–Kier alpha value is -10.7. The summed E-state index contributed by atoms with van der Waals surface area (Å²) in [6.07, 6.45) is 2.04. The molecule has 12 rings (SSSR count). The third kappa shape index (κ3) is 15.2. The number of hydrogen-bond donors (Lipinski definition) is 6. The number of imidazole rings is 3. The molecule has 3 fully saturated rings. The zero-order valence-corrected chi connectivity index (χ0v) is 55.4. The van der Waals surface area contributed by atoms with Gasteiger partial charge in [0.15, 0.2) is 17.2 Å². The predicted octanol–water partition coefficient (Wildman–Crippen LogP) is 10.1. The maximum absolute atomic E-state index is 13.1. The van der Waals surface area contributed by atoms with E-state index in [9.17, 15) is 33.9 Å². The number of benzene rings is 6. The topological polar surface area (TPSA) is 339 Å². The molecule has 25 nitrogen and oxygen atoms in total. The van der Waals surface area contributed by atoms with E-state index in [1.54, 1.807) is 50.1 Å². The van der Waals surface area contributed by atoms with Crippen LogP contribution in [0.3, 0.4) is 0 Å². The summed E-state index contributed by atoms with van der Waals surface area (Å²) in [6, 6.07) is 27.3. The van der Waals surface area contributed by atoms with Crippen molar-refractivity contribution in [2.75, 3.05) is 69.7 Å². The number of ether oxygens (including phenoxy) is 5. The van der Waals surface area contributed by atoms with Crippen LogP contribution in [0.25, 0.3) is 33.1 Å². The minimum atomic E-state index is -0.956. The van der Waals surface area contributed by atoms with Gasteiger partial charge in [0, 0.05) is 65.0 Å². The SMILES string of the molecule is CCOC(=O)C1CCN(C(=O)c2cc(C)c(Oc3cccc4c3nc(N)n4C)c(C)c2)C1.CCOC(=O)C1CCNC1.Cc1cc(C(=O)N2CCC(C(=O)O)C2)cc(C)c1Oc1cccc2c1nc(N)n2C.Cc1cc(C(=O)O)cc(C)c1Oc1cccc2c1nc(N)n2C. The van der Waals surface area contributed by atoms with Gasteiger partial charge in [0.05, 0.1) is 53.1 Å². The van der Waals surface area contributed by atoms with Crippen LogP contribution >= 0.6 is 0 Å². The molecule has 6 heterocycles. The number of aromatic carboxylic acids is 1. The highest BCUT2D eigenvalue weighted by Gasteiger charge is 2.34. The summed E-state index contributed by atoms with van der Waals surface area (Å²) in [5, 5.41) is 21.4. The maximum atomic E-state index is 13.1. The molecule has 2 amide bonds. The van der Waals surface area contributed by atoms with Gasteiger partial charge in [-0.05, 0) is 187 Å². The number of fused-ring (bicyclic) bond motifs is 3. The highest BCUT2D eigenvalue weighted by Crippen LogP contribution is 2.39. The highest BCUT2D eigenvalue weighted by molar-refractivity contribution is 5.97. The number of aromatic nitrogens is 6. The molecule has 0 spiro atoms. The van der Waals surface area contributed by atoms with Crippen molar-refractivity contribution in [3.05, 3.63) is 141 Å². The molecular weight excluding hydrogens is 1220 g/mol. The number of carbonyl (C=O) groups is 6. The number of aliphatic carboxylic acids is 1. The first-order chi connectivity index (χ1) is 45.3. The minimum absolute atomic E-state index is 0.0486. The number of hydrogen-bond acceptors (Lipinski definition) is 18. The van der Waals surface area contributed by atoms with Crippen molar-refractivity contribution in [2.24, 2.45) is 38.9 Å². The lowest BCUT2D eigenvalue weighted by molar-refractivity contribution is -0.148. The number of esters is 2. The Morgan fingerprint density at radius 1 is 0.495 bits per heavy atom. The van der Waals surface area contributed by atoms with Gasteiger partial charge < -0.3 is 79.9 Å². The molecule has 3 aromatic heterocycles. The number of carbonyl (C=O) groups excluding carboxylic acids is 4. The van der Waals surface area contributed by atoms with Crippen molar-refractivity contribution in [3.8, 4) is 34.5 Å². The standard InChI is InChI=1S/C24H28N4O4.C22H24N4O4.C17H17N3O3.C7H13NO2/c1-5-31-23(30)16-9-10-28(13-16)22(29)17-11-14(2)21(15(3)12-17)32-19-8-6-7-18-20(19)26-24(25)27(18)4;1-12-9-15(20(27)26-8-7-14(11-26)21(28)29)10-13(2)19(12)30-17-6-4-5-16-18(17)24-22(23)25(16)3;1-9-7-11(16(21)22)8-10(2)15(9)23-13-6-4-5-12-14(13)19-17(18)20(12)3;1-2-10-7(9)6-3-4-8-5-6/h6-8,11-12,16H,5,9-10,13H2,1-4H3,(H2,25,26);4-6,9-10,14H,7-8,11H2,1-3H3,(H2,23,24)(H,28,29);4-8H,1-3H3,(H2,18,19)(H,21,22);6,8H,2-5H2,1H3. The van der Waals surface area contributed by atoms with E-state index in [1.165, 1.54) is 0 Å². The summed E-state index contributed by atoms with van der Waals surface area (Å²) in [7, 11) is 5.54. The number of rotatable bonds is 14. The smallest absolute Gasteiger partial charge is 0.335 e. The van der Waals surface area contributed by atoms with Crippen molar-refractivity contribution in [2.45, 2.75) is 74.7 Å². The number of nitrogens with zero attached hydrogens (tertiary/aromatic N) is 8. The molecule has 3 atom stereocenters. The summed E-state index contributed by atoms with van der Waals surface area (Å²) < 4.78 is 33.8. The highest BCUT2D eigenvalue weighted by atomic mass is 16.5. The third-order valence-corrected chi connectivity index (χ3v) is 17.1. The Labute approximate surface area is 549 Å². The first kappa shape index (κ1) is 68.7. The maximum Gasteiger partial charge on any atom is 0.335 e. The molecule has 0 radical (unpaired) electrons. The molecule has 3 unspecified atom stereocenters. The Morgan fingerprint density at radius 3 is 1.15 bits per heavy atom. The lowest BCUT2D eigenvalue weighted by Crippen LogP contribution is -2.30. The summed E-state index contributed by atoms with van der Waals surface area (Å²) >= 11 is 0. The van der Waals surface area contributed by atoms with Crippen LogP contribution in [0.5, 0.6) is 34.5 Å². The molecule has 9 N–H and O–H groups in total. The molecule has 6 aromatic carbocycles. The number of nitrogens with one attached hydrogen (secondary N) is 1. The molecule has 3 saturated heterocycles. The largest absolute Gasteiger partial charge is 0.481 e. The Balaban J connectivity index is 0.000000157. The normalized spacial score (nSPS) is 15.7. The van der Waals surface area contributed by atoms with Gasteiger partial charge in [-0.25, -0.2) is 19.7 Å². The molecule has 500 valence electrons. The molecule has 0 bridgehead atoms. The average Bonchev–Trinajstić information content (AvgIpc) is 1.69. The second-order valence-electron chi connectivity index (χ2n) is 23.9. The van der Waals surface area contributed by atoms with Crippen LogP contribution in [-0.4, -0.2) is 137 Å². The minimum Gasteiger partial charge on any atom is -0.481 e. The van der Waals surface area contributed by atoms with Crippen LogP contribution in [0.4, 0.5) is 17.8 Å². The second kappa shape index (κ2) is 29.5. The fourth-order valence-electron chi connectivity index (χ4n) is 11.9. The van der Waals surface area contributed by atoms with Crippen LogP contribution in [0, 0.1) is 59.3 Å². The number of aryl methyl sites for hydroxylation is 9. The van der Waals surface area contributed by atoms with Crippen LogP contribution in [0.2, 0.25) is 0 Å². The van der Waals surface area contributed by atoms with E-state index >= 15 is 0 Å². The van der Waals surface area contributed by atoms with E-state index in [2.05, 4.69) is 20.3 Å². The molecule has 0 saturated carbocycles. The summed E-state index contributed by atoms with van der Waals surface area (Å²) in [4.78, 5) is 87.7. The zero-order valence-electron chi connectivity index (χ0n) is 55.4. The number of amides is 2. The van der Waals surface area contributed by atoms with Gasteiger partial charge in [-0.15, -0.1) is 0 Å². The number of nitrogens with two attached hydrogens (primary N) is 3. The van der Waals surface area contributed by atoms with Gasteiger partial charge in [0.1, 0.15) is 33.8 Å². The van der Waals surface area contributed by atoms with Crippen LogP contribution in [-0.2, 0) is 45.0 Å². The van der Waals surface area contributed by atoms with Gasteiger partial charge in [-0.1, -0.05) is 18.2 Å². The van der Waals surface area contributed by atoms with Gasteiger partial charge in [0.2, 0.25) is 17.8 Å². The Morgan fingerprint density at radius 2 is 0.832 bits per heavy atom. The Kier molecular flexibility index (Phi) is 21.3. The predicted molar refractivity (Wildman–Crippen MR) is 360 cm³/mol. The van der Waals surface area contributed by atoms with Crippen LogP contribution in [0.15, 0.2) is 91.0 Å². The summed E-state index contributed by atoms with van der Waals surface area (Å²) in [5.74, 6) is 2.01. The molecule has 9 aromatic rings. The number of para-hydroxylation sites is 3. The van der Waals surface area contributed by atoms with Crippen LogP contribution in [0.1, 0.15) is 97.6 Å². The monoisotopic (exact) mass is 1300 g/mol. The molecule has 25 heteroatoms. The van der Waals surface area contributed by atoms with Crippen molar-refractivity contribution in [1.29, 1.82) is 0 Å². The number of nitrogen functional groups attached to an aromatic ring is 3. The number of anilines is 3. The lowest BCUT2D eigenvalue weighted by atomic mass is 10.0. The molecule has 3 aliphatic rings. The van der Waals surface area contributed by atoms with E-state index < -0.39 is 17.9 Å². The van der Waals surface area contributed by atoms with E-state index in [4.69, 9.17) is 46.0 Å². The van der Waals surface area contributed by atoms with Crippen LogP contribution < -0.4 is 36.7 Å².